The van der Waals surface area contributed by atoms with Gasteiger partial charge in [-0.05, 0) is 34.7 Å². The van der Waals surface area contributed by atoms with E-state index in [4.69, 9.17) is 0 Å². The van der Waals surface area contributed by atoms with Gasteiger partial charge in [0.2, 0.25) is 5.91 Å². The fourth-order valence-corrected chi connectivity index (χ4v) is 1.34. The SMILES string of the molecule is O=NCC(=O)Nc1cccc(F)c1I. The average Bonchev–Trinajstić information content (AvgIpc) is 2.13. The first kappa shape index (κ1) is 11.0. The third kappa shape index (κ3) is 2.72. The highest BCUT2D eigenvalue weighted by Crippen LogP contribution is 2.20. The van der Waals surface area contributed by atoms with Gasteiger partial charge in [0.05, 0.1) is 9.26 Å². The number of halogens is 2. The van der Waals surface area contributed by atoms with E-state index in [1.54, 1.807) is 28.7 Å². The van der Waals surface area contributed by atoms with Crippen molar-refractivity contribution in [3.8, 4) is 0 Å². The van der Waals surface area contributed by atoms with E-state index in [-0.39, 0.29) is 0 Å². The Hall–Kier alpha value is -1.05. The Morgan fingerprint density at radius 2 is 2.29 bits per heavy atom. The van der Waals surface area contributed by atoms with Gasteiger partial charge in [0.1, 0.15) is 5.82 Å². The highest BCUT2D eigenvalue weighted by atomic mass is 127. The zero-order chi connectivity index (χ0) is 10.6. The maximum absolute atomic E-state index is 13.0. The normalized spacial score (nSPS) is 9.57. The predicted octanol–water partition coefficient (Wildman–Crippen LogP) is 2.14. The Morgan fingerprint density at radius 3 is 2.93 bits per heavy atom. The molecule has 0 spiro atoms. The molecule has 0 radical (unpaired) electrons. The number of carbonyl (C=O) groups is 1. The molecule has 0 unspecified atom stereocenters. The van der Waals surface area contributed by atoms with Crippen LogP contribution in [-0.2, 0) is 4.79 Å². The molecule has 6 heteroatoms. The molecule has 0 saturated heterocycles. The molecule has 14 heavy (non-hydrogen) atoms. The zero-order valence-electron chi connectivity index (χ0n) is 6.96. The fraction of sp³-hybridized carbons (Fsp3) is 0.125. The van der Waals surface area contributed by atoms with Crippen molar-refractivity contribution in [2.24, 2.45) is 5.18 Å². The van der Waals surface area contributed by atoms with Gasteiger partial charge in [-0.3, -0.25) is 4.79 Å². The van der Waals surface area contributed by atoms with Crippen LogP contribution < -0.4 is 5.32 Å². The molecule has 0 saturated carbocycles. The van der Waals surface area contributed by atoms with Crippen molar-refractivity contribution >= 4 is 34.2 Å². The number of amides is 1. The van der Waals surface area contributed by atoms with Crippen LogP contribution in [0.25, 0.3) is 0 Å². The smallest absolute Gasteiger partial charge is 0.249 e. The van der Waals surface area contributed by atoms with E-state index in [2.05, 4.69) is 10.5 Å². The minimum atomic E-state index is -0.552. The first-order chi connectivity index (χ1) is 6.65. The van der Waals surface area contributed by atoms with Crippen LogP contribution in [0.5, 0.6) is 0 Å². The Balaban J connectivity index is 2.81. The van der Waals surface area contributed by atoms with Crippen LogP contribution >= 0.6 is 22.6 Å². The number of rotatable bonds is 3. The molecule has 1 amide bonds. The average molecular weight is 308 g/mol. The van der Waals surface area contributed by atoms with Crippen LogP contribution in [-0.4, -0.2) is 12.5 Å². The number of carbonyl (C=O) groups excluding carboxylic acids is 1. The molecule has 0 fully saturated rings. The van der Waals surface area contributed by atoms with E-state index >= 15 is 0 Å². The Labute approximate surface area is 93.0 Å². The summed E-state index contributed by atoms with van der Waals surface area (Å²) in [4.78, 5) is 20.7. The van der Waals surface area contributed by atoms with Gasteiger partial charge in [0, 0.05) is 0 Å². The Morgan fingerprint density at radius 1 is 1.57 bits per heavy atom. The van der Waals surface area contributed by atoms with Gasteiger partial charge in [0.15, 0.2) is 6.54 Å². The van der Waals surface area contributed by atoms with Gasteiger partial charge in [-0.2, -0.15) is 4.91 Å². The lowest BCUT2D eigenvalue weighted by Crippen LogP contribution is -2.15. The molecule has 0 aromatic heterocycles. The minimum absolute atomic E-state index is 0.310. The second-order valence-electron chi connectivity index (χ2n) is 2.44. The molecule has 74 valence electrons. The molecule has 1 rings (SSSR count). The quantitative estimate of drug-likeness (QED) is 0.687. The van der Waals surface area contributed by atoms with Crippen molar-refractivity contribution in [2.45, 2.75) is 0 Å². The van der Waals surface area contributed by atoms with Crippen LogP contribution in [0, 0.1) is 14.3 Å². The molecule has 0 aliphatic carbocycles. The molecule has 1 aromatic carbocycles. The lowest BCUT2D eigenvalue weighted by atomic mass is 10.3. The van der Waals surface area contributed by atoms with Gasteiger partial charge in [-0.25, -0.2) is 4.39 Å². The standard InChI is InChI=1S/C8H6FIN2O2/c9-5-2-1-3-6(8(5)10)12-7(13)4-11-14/h1-3H,4H2,(H,12,13). The fourth-order valence-electron chi connectivity index (χ4n) is 0.849. The van der Waals surface area contributed by atoms with Gasteiger partial charge in [-0.15, -0.1) is 0 Å². The van der Waals surface area contributed by atoms with Crippen molar-refractivity contribution in [1.29, 1.82) is 0 Å². The molecular weight excluding hydrogens is 302 g/mol. The van der Waals surface area contributed by atoms with Gasteiger partial charge in [0.25, 0.3) is 0 Å². The van der Waals surface area contributed by atoms with Gasteiger partial charge >= 0.3 is 0 Å². The van der Waals surface area contributed by atoms with E-state index in [1.807, 2.05) is 0 Å². The molecule has 1 aromatic rings. The van der Waals surface area contributed by atoms with Crippen molar-refractivity contribution < 1.29 is 9.18 Å². The summed E-state index contributed by atoms with van der Waals surface area (Å²) in [5, 5.41) is 4.80. The lowest BCUT2D eigenvalue weighted by Gasteiger charge is -2.05. The molecule has 0 aliphatic rings. The summed E-state index contributed by atoms with van der Waals surface area (Å²) in [7, 11) is 0. The van der Waals surface area contributed by atoms with E-state index < -0.39 is 18.3 Å². The summed E-state index contributed by atoms with van der Waals surface area (Å²) in [6, 6.07) is 4.31. The second-order valence-corrected chi connectivity index (χ2v) is 3.52. The number of hydrogen-bond acceptors (Lipinski definition) is 3. The maximum atomic E-state index is 13.0. The van der Waals surface area contributed by atoms with Crippen LogP contribution in [0.3, 0.4) is 0 Å². The van der Waals surface area contributed by atoms with Crippen molar-refractivity contribution in [1.82, 2.24) is 0 Å². The Bertz CT molecular complexity index is 370. The number of nitrogens with zero attached hydrogens (tertiary/aromatic N) is 1. The van der Waals surface area contributed by atoms with E-state index in [9.17, 15) is 14.1 Å². The van der Waals surface area contributed by atoms with Crippen LogP contribution in [0.2, 0.25) is 0 Å². The monoisotopic (exact) mass is 308 g/mol. The third-order valence-corrected chi connectivity index (χ3v) is 2.53. The van der Waals surface area contributed by atoms with Crippen molar-refractivity contribution in [3.63, 3.8) is 0 Å². The zero-order valence-corrected chi connectivity index (χ0v) is 9.12. The number of nitroso groups, excluding NO2 is 1. The number of nitrogens with one attached hydrogen (secondary N) is 1. The molecule has 4 nitrogen and oxygen atoms in total. The molecule has 1 N–H and O–H groups in total. The van der Waals surface area contributed by atoms with Crippen LogP contribution in [0.4, 0.5) is 10.1 Å². The van der Waals surface area contributed by atoms with E-state index in [1.165, 1.54) is 12.1 Å². The first-order valence-corrected chi connectivity index (χ1v) is 4.76. The lowest BCUT2D eigenvalue weighted by molar-refractivity contribution is -0.114. The predicted molar refractivity (Wildman–Crippen MR) is 58.4 cm³/mol. The third-order valence-electron chi connectivity index (χ3n) is 1.43. The number of hydrogen-bond donors (Lipinski definition) is 1. The second kappa shape index (κ2) is 4.99. The molecule has 0 atom stereocenters. The van der Waals surface area contributed by atoms with E-state index in [0.717, 1.165) is 0 Å². The summed E-state index contributed by atoms with van der Waals surface area (Å²) in [6.45, 7) is -0.466. The molecule has 0 heterocycles. The maximum Gasteiger partial charge on any atom is 0.249 e. The topological polar surface area (TPSA) is 58.5 Å². The summed E-state index contributed by atoms with van der Waals surface area (Å²) in [5.41, 5.74) is 0.347. The number of benzene rings is 1. The first-order valence-electron chi connectivity index (χ1n) is 3.68. The molecular formula is C8H6FIN2O2. The molecule has 0 aliphatic heterocycles. The van der Waals surface area contributed by atoms with Gasteiger partial charge < -0.3 is 5.32 Å². The Kier molecular flexibility index (Phi) is 3.93. The van der Waals surface area contributed by atoms with Crippen LogP contribution in [0.15, 0.2) is 23.4 Å². The van der Waals surface area contributed by atoms with Crippen LogP contribution in [0.1, 0.15) is 0 Å². The largest absolute Gasteiger partial charge is 0.323 e. The van der Waals surface area contributed by atoms with Gasteiger partial charge in [-0.1, -0.05) is 11.2 Å². The summed E-state index contributed by atoms with van der Waals surface area (Å²) in [5.74, 6) is -0.967. The summed E-state index contributed by atoms with van der Waals surface area (Å²) in [6.07, 6.45) is 0. The summed E-state index contributed by atoms with van der Waals surface area (Å²) < 4.78 is 13.3. The van der Waals surface area contributed by atoms with Crippen molar-refractivity contribution in [2.75, 3.05) is 11.9 Å². The number of anilines is 1. The highest BCUT2D eigenvalue weighted by molar-refractivity contribution is 14.1. The highest BCUT2D eigenvalue weighted by Gasteiger charge is 2.07. The molecule has 0 bridgehead atoms. The van der Waals surface area contributed by atoms with Crippen molar-refractivity contribution in [3.05, 3.63) is 32.5 Å². The minimum Gasteiger partial charge on any atom is -0.323 e. The van der Waals surface area contributed by atoms with E-state index in [0.29, 0.717) is 9.26 Å². The summed E-state index contributed by atoms with van der Waals surface area (Å²) >= 11 is 1.77.